The molecule has 2 rings (SSSR count). The maximum Gasteiger partial charge on any atom is 0.122 e. The van der Waals surface area contributed by atoms with E-state index >= 15 is 0 Å². The molecule has 4 heteroatoms. The molecular weight excluding hydrogens is 212 g/mol. The zero-order valence-corrected chi connectivity index (χ0v) is 10.3. The molecule has 0 fully saturated rings. The second-order valence-corrected chi connectivity index (χ2v) is 4.02. The van der Waals surface area contributed by atoms with Crippen molar-refractivity contribution in [1.82, 2.24) is 19.9 Å². The molecular formula is C13H18N4. The molecule has 1 atom stereocenters. The van der Waals surface area contributed by atoms with E-state index in [1.165, 1.54) is 5.56 Å². The number of imidazole rings is 1. The van der Waals surface area contributed by atoms with Crippen molar-refractivity contribution in [3.05, 3.63) is 48.3 Å². The molecule has 0 bridgehead atoms. The highest BCUT2D eigenvalue weighted by Crippen LogP contribution is 2.10. The first-order chi connectivity index (χ1) is 8.31. The van der Waals surface area contributed by atoms with Crippen LogP contribution in [-0.4, -0.2) is 14.5 Å². The average molecular weight is 230 g/mol. The molecule has 0 saturated heterocycles. The van der Waals surface area contributed by atoms with Crippen LogP contribution < -0.4 is 5.32 Å². The van der Waals surface area contributed by atoms with Gasteiger partial charge in [0, 0.05) is 37.4 Å². The van der Waals surface area contributed by atoms with Crippen LogP contribution >= 0.6 is 0 Å². The molecule has 2 aromatic rings. The minimum Gasteiger partial charge on any atom is -0.334 e. The number of hydrogen-bond acceptors (Lipinski definition) is 3. The molecule has 90 valence electrons. The van der Waals surface area contributed by atoms with Crippen molar-refractivity contribution >= 4 is 0 Å². The van der Waals surface area contributed by atoms with Crippen molar-refractivity contribution in [3.63, 3.8) is 0 Å². The van der Waals surface area contributed by atoms with E-state index in [1.54, 1.807) is 6.20 Å². The molecule has 0 amide bonds. The maximum atomic E-state index is 4.34. The van der Waals surface area contributed by atoms with Crippen molar-refractivity contribution in [2.75, 3.05) is 0 Å². The normalized spacial score (nSPS) is 12.6. The van der Waals surface area contributed by atoms with E-state index in [9.17, 15) is 0 Å². The summed E-state index contributed by atoms with van der Waals surface area (Å²) in [6.45, 7) is 5.99. The summed E-state index contributed by atoms with van der Waals surface area (Å²) in [4.78, 5) is 8.46. The number of rotatable bonds is 5. The van der Waals surface area contributed by atoms with Crippen molar-refractivity contribution < 1.29 is 0 Å². The van der Waals surface area contributed by atoms with Gasteiger partial charge in [0.2, 0.25) is 0 Å². The van der Waals surface area contributed by atoms with Gasteiger partial charge in [0.1, 0.15) is 5.82 Å². The van der Waals surface area contributed by atoms with E-state index in [1.807, 2.05) is 24.7 Å². The Balaban J connectivity index is 1.95. The third kappa shape index (κ3) is 2.91. The molecule has 0 spiro atoms. The fourth-order valence-corrected chi connectivity index (χ4v) is 1.79. The quantitative estimate of drug-likeness (QED) is 0.855. The molecule has 1 N–H and O–H groups in total. The van der Waals surface area contributed by atoms with Gasteiger partial charge >= 0.3 is 0 Å². The third-order valence-corrected chi connectivity index (χ3v) is 2.89. The van der Waals surface area contributed by atoms with Crippen LogP contribution in [0.3, 0.4) is 0 Å². The predicted molar refractivity (Wildman–Crippen MR) is 67.4 cm³/mol. The van der Waals surface area contributed by atoms with Gasteiger partial charge in [0.25, 0.3) is 0 Å². The Labute approximate surface area is 102 Å². The molecule has 2 aromatic heterocycles. The van der Waals surface area contributed by atoms with E-state index in [2.05, 4.69) is 39.8 Å². The first kappa shape index (κ1) is 11.8. The Morgan fingerprint density at radius 2 is 2.29 bits per heavy atom. The highest BCUT2D eigenvalue weighted by Gasteiger charge is 2.06. The first-order valence-corrected chi connectivity index (χ1v) is 5.94. The maximum absolute atomic E-state index is 4.34. The Morgan fingerprint density at radius 3 is 3.00 bits per heavy atom. The van der Waals surface area contributed by atoms with Gasteiger partial charge in [0.05, 0.1) is 6.54 Å². The van der Waals surface area contributed by atoms with Crippen LogP contribution in [0.4, 0.5) is 0 Å². The minimum atomic E-state index is 0.283. The van der Waals surface area contributed by atoms with Crippen molar-refractivity contribution in [2.45, 2.75) is 33.0 Å². The minimum absolute atomic E-state index is 0.283. The fourth-order valence-electron chi connectivity index (χ4n) is 1.79. The fraction of sp³-hybridized carbons (Fsp3) is 0.385. The second kappa shape index (κ2) is 5.59. The lowest BCUT2D eigenvalue weighted by Gasteiger charge is -2.14. The highest BCUT2D eigenvalue weighted by molar-refractivity contribution is 5.12. The SMILES string of the molecule is CCn1ccnc1CNC(C)c1cccnc1. The molecule has 2 heterocycles. The van der Waals surface area contributed by atoms with Gasteiger partial charge in [-0.15, -0.1) is 0 Å². The number of aromatic nitrogens is 3. The summed E-state index contributed by atoms with van der Waals surface area (Å²) in [5.41, 5.74) is 1.20. The van der Waals surface area contributed by atoms with E-state index in [0.717, 1.165) is 18.9 Å². The van der Waals surface area contributed by atoms with Crippen LogP contribution in [0.2, 0.25) is 0 Å². The summed E-state index contributed by atoms with van der Waals surface area (Å²) >= 11 is 0. The highest BCUT2D eigenvalue weighted by atomic mass is 15.1. The van der Waals surface area contributed by atoms with Gasteiger partial charge in [-0.05, 0) is 25.5 Å². The van der Waals surface area contributed by atoms with Crippen molar-refractivity contribution in [3.8, 4) is 0 Å². The summed E-state index contributed by atoms with van der Waals surface area (Å²) < 4.78 is 2.14. The predicted octanol–water partition coefficient (Wildman–Crippen LogP) is 2.15. The van der Waals surface area contributed by atoms with E-state index in [4.69, 9.17) is 0 Å². The van der Waals surface area contributed by atoms with Crippen LogP contribution in [0.1, 0.15) is 31.3 Å². The zero-order chi connectivity index (χ0) is 12.1. The molecule has 0 radical (unpaired) electrons. The van der Waals surface area contributed by atoms with Crippen LogP contribution in [0.5, 0.6) is 0 Å². The molecule has 0 aromatic carbocycles. The Morgan fingerprint density at radius 1 is 1.41 bits per heavy atom. The zero-order valence-electron chi connectivity index (χ0n) is 10.3. The summed E-state index contributed by atoms with van der Waals surface area (Å²) in [5, 5.41) is 3.45. The molecule has 0 aliphatic carbocycles. The lowest BCUT2D eigenvalue weighted by atomic mass is 10.1. The van der Waals surface area contributed by atoms with Gasteiger partial charge in [-0.2, -0.15) is 0 Å². The first-order valence-electron chi connectivity index (χ1n) is 5.94. The summed E-state index contributed by atoms with van der Waals surface area (Å²) in [7, 11) is 0. The smallest absolute Gasteiger partial charge is 0.122 e. The van der Waals surface area contributed by atoms with Gasteiger partial charge in [-0.25, -0.2) is 4.98 Å². The second-order valence-electron chi connectivity index (χ2n) is 4.02. The summed E-state index contributed by atoms with van der Waals surface area (Å²) in [6.07, 6.45) is 7.53. The molecule has 1 unspecified atom stereocenters. The van der Waals surface area contributed by atoms with E-state index in [-0.39, 0.29) is 6.04 Å². The molecule has 17 heavy (non-hydrogen) atoms. The number of nitrogens with zero attached hydrogens (tertiary/aromatic N) is 3. The van der Waals surface area contributed by atoms with Crippen LogP contribution in [0.25, 0.3) is 0 Å². The Hall–Kier alpha value is -1.68. The standard InChI is InChI=1S/C13H18N4/c1-3-17-8-7-15-13(17)10-16-11(2)12-5-4-6-14-9-12/h4-9,11,16H,3,10H2,1-2H3. The largest absolute Gasteiger partial charge is 0.334 e. The molecule has 0 aliphatic rings. The van der Waals surface area contributed by atoms with Crippen LogP contribution in [0.15, 0.2) is 36.9 Å². The number of nitrogens with one attached hydrogen (secondary N) is 1. The Kier molecular flexibility index (Phi) is 3.88. The lowest BCUT2D eigenvalue weighted by molar-refractivity contribution is 0.539. The van der Waals surface area contributed by atoms with E-state index in [0.29, 0.717) is 0 Å². The lowest BCUT2D eigenvalue weighted by Crippen LogP contribution is -2.20. The topological polar surface area (TPSA) is 42.7 Å². The van der Waals surface area contributed by atoms with Crippen LogP contribution in [-0.2, 0) is 13.1 Å². The van der Waals surface area contributed by atoms with Gasteiger partial charge in [-0.1, -0.05) is 6.07 Å². The van der Waals surface area contributed by atoms with E-state index < -0.39 is 0 Å². The summed E-state index contributed by atoms with van der Waals surface area (Å²) in [6, 6.07) is 4.32. The van der Waals surface area contributed by atoms with Crippen molar-refractivity contribution in [2.24, 2.45) is 0 Å². The van der Waals surface area contributed by atoms with Crippen LogP contribution in [0, 0.1) is 0 Å². The van der Waals surface area contributed by atoms with Gasteiger partial charge in [-0.3, -0.25) is 4.98 Å². The van der Waals surface area contributed by atoms with Gasteiger partial charge < -0.3 is 9.88 Å². The van der Waals surface area contributed by atoms with Crippen molar-refractivity contribution in [1.29, 1.82) is 0 Å². The summed E-state index contributed by atoms with van der Waals surface area (Å²) in [5.74, 6) is 1.07. The Bertz CT molecular complexity index is 449. The third-order valence-electron chi connectivity index (χ3n) is 2.89. The number of pyridine rings is 1. The molecule has 4 nitrogen and oxygen atoms in total. The molecule has 0 aliphatic heterocycles. The van der Waals surface area contributed by atoms with Gasteiger partial charge in [0.15, 0.2) is 0 Å². The average Bonchev–Trinajstić information content (AvgIpc) is 2.84. The molecule has 0 saturated carbocycles. The monoisotopic (exact) mass is 230 g/mol. The number of hydrogen-bond donors (Lipinski definition) is 1. The number of aryl methyl sites for hydroxylation is 1.